The molecule has 2 saturated heterocycles. The first-order chi connectivity index (χ1) is 9.60. The number of halogens is 1. The van der Waals surface area contributed by atoms with Gasteiger partial charge < -0.3 is 10.4 Å². The Morgan fingerprint density at radius 1 is 1.35 bits per heavy atom. The van der Waals surface area contributed by atoms with Crippen molar-refractivity contribution in [3.05, 3.63) is 33.4 Å². The van der Waals surface area contributed by atoms with E-state index in [2.05, 4.69) is 52.2 Å². The van der Waals surface area contributed by atoms with Gasteiger partial charge in [-0.1, -0.05) is 19.1 Å². The van der Waals surface area contributed by atoms with Crippen molar-refractivity contribution < 1.29 is 9.90 Å². The van der Waals surface area contributed by atoms with Crippen LogP contribution in [0.15, 0.2) is 24.3 Å². The van der Waals surface area contributed by atoms with E-state index in [1.165, 1.54) is 9.13 Å². The van der Waals surface area contributed by atoms with Crippen molar-refractivity contribution in [2.45, 2.75) is 50.3 Å². The van der Waals surface area contributed by atoms with Gasteiger partial charge in [0.15, 0.2) is 0 Å². The smallest absolute Gasteiger partial charge is 0.137 e. The SMILES string of the molecule is CCC(=O)[C@H]1[C@@H](c2ccc(I)cc2)CC2CC(O)[C@H]1N2. The van der Waals surface area contributed by atoms with Crippen molar-refractivity contribution in [3.8, 4) is 0 Å². The van der Waals surface area contributed by atoms with E-state index in [4.69, 9.17) is 0 Å². The van der Waals surface area contributed by atoms with Crippen LogP contribution in [-0.4, -0.2) is 29.1 Å². The Labute approximate surface area is 133 Å². The average molecular weight is 385 g/mol. The molecule has 108 valence electrons. The van der Waals surface area contributed by atoms with Crippen LogP contribution in [0.25, 0.3) is 0 Å². The predicted octanol–water partition coefficient (Wildman–Crippen LogP) is 2.47. The van der Waals surface area contributed by atoms with Crippen LogP contribution in [0.5, 0.6) is 0 Å². The van der Waals surface area contributed by atoms with Gasteiger partial charge in [-0.05, 0) is 59.0 Å². The Morgan fingerprint density at radius 2 is 2.05 bits per heavy atom. The van der Waals surface area contributed by atoms with Crippen LogP contribution in [0.3, 0.4) is 0 Å². The summed E-state index contributed by atoms with van der Waals surface area (Å²) in [6.07, 6.45) is 1.89. The van der Waals surface area contributed by atoms with E-state index in [1.54, 1.807) is 0 Å². The van der Waals surface area contributed by atoms with Crippen molar-refractivity contribution in [1.29, 1.82) is 0 Å². The Hall–Kier alpha value is -0.460. The molecular formula is C16H20INO2. The molecule has 0 aromatic heterocycles. The second-order valence-corrected chi connectivity index (χ2v) is 7.18. The van der Waals surface area contributed by atoms with Gasteiger partial charge in [0.25, 0.3) is 0 Å². The van der Waals surface area contributed by atoms with Crippen LogP contribution in [0, 0.1) is 9.49 Å². The number of Topliss-reactive ketones (excluding diaryl/α,β-unsaturated/α-hetero) is 1. The molecule has 2 N–H and O–H groups in total. The van der Waals surface area contributed by atoms with Crippen molar-refractivity contribution in [3.63, 3.8) is 0 Å². The fourth-order valence-corrected chi connectivity index (χ4v) is 4.17. The summed E-state index contributed by atoms with van der Waals surface area (Å²) in [6, 6.07) is 8.76. The molecule has 3 rings (SSSR count). The maximum Gasteiger partial charge on any atom is 0.137 e. The second-order valence-electron chi connectivity index (χ2n) is 5.93. The first kappa shape index (κ1) is 14.5. The van der Waals surface area contributed by atoms with Crippen molar-refractivity contribution in [2.75, 3.05) is 0 Å². The fraction of sp³-hybridized carbons (Fsp3) is 0.562. The highest BCUT2D eigenvalue weighted by molar-refractivity contribution is 14.1. The van der Waals surface area contributed by atoms with E-state index in [0.717, 1.165) is 12.8 Å². The Bertz CT molecular complexity index is 502. The third-order valence-corrected chi connectivity index (χ3v) is 5.47. The Kier molecular flexibility index (Phi) is 4.15. The number of nitrogens with one attached hydrogen (secondary N) is 1. The molecule has 0 spiro atoms. The lowest BCUT2D eigenvalue weighted by Gasteiger charge is -2.37. The van der Waals surface area contributed by atoms with Gasteiger partial charge in [0.2, 0.25) is 0 Å². The summed E-state index contributed by atoms with van der Waals surface area (Å²) in [4.78, 5) is 12.4. The Morgan fingerprint density at radius 3 is 2.70 bits per heavy atom. The van der Waals surface area contributed by atoms with Crippen LogP contribution in [0.1, 0.15) is 37.7 Å². The summed E-state index contributed by atoms with van der Waals surface area (Å²) in [6.45, 7) is 1.92. The number of ketones is 1. The van der Waals surface area contributed by atoms with Crippen LogP contribution in [-0.2, 0) is 4.79 Å². The molecule has 1 aromatic carbocycles. The molecule has 2 aliphatic rings. The molecule has 2 unspecified atom stereocenters. The van der Waals surface area contributed by atoms with Gasteiger partial charge in [0.05, 0.1) is 6.10 Å². The number of hydrogen-bond donors (Lipinski definition) is 2. The number of fused-ring (bicyclic) bond motifs is 2. The molecule has 20 heavy (non-hydrogen) atoms. The number of carbonyl (C=O) groups excluding carboxylic acids is 1. The molecule has 5 atom stereocenters. The highest BCUT2D eigenvalue weighted by Gasteiger charge is 2.49. The van der Waals surface area contributed by atoms with Crippen LogP contribution in [0.2, 0.25) is 0 Å². The van der Waals surface area contributed by atoms with E-state index in [0.29, 0.717) is 12.5 Å². The van der Waals surface area contributed by atoms with Crippen LogP contribution in [0.4, 0.5) is 0 Å². The minimum Gasteiger partial charge on any atom is -0.391 e. The number of rotatable bonds is 3. The Balaban J connectivity index is 1.95. The zero-order valence-corrected chi connectivity index (χ0v) is 13.7. The molecule has 1 aromatic rings. The lowest BCUT2D eigenvalue weighted by Crippen LogP contribution is -2.50. The molecule has 0 aliphatic carbocycles. The van der Waals surface area contributed by atoms with Crippen molar-refractivity contribution >= 4 is 28.4 Å². The normalized spacial score (nSPS) is 36.0. The summed E-state index contributed by atoms with van der Waals surface area (Å²) in [7, 11) is 0. The first-order valence-corrected chi connectivity index (χ1v) is 8.40. The number of aliphatic hydroxyl groups excluding tert-OH is 1. The predicted molar refractivity (Wildman–Crippen MR) is 86.6 cm³/mol. The van der Waals surface area contributed by atoms with E-state index < -0.39 is 0 Å². The minimum absolute atomic E-state index is 0.0644. The highest BCUT2D eigenvalue weighted by atomic mass is 127. The molecule has 0 radical (unpaired) electrons. The summed E-state index contributed by atoms with van der Waals surface area (Å²) >= 11 is 2.30. The monoisotopic (exact) mass is 385 g/mol. The van der Waals surface area contributed by atoms with Gasteiger partial charge in [-0.2, -0.15) is 0 Å². The van der Waals surface area contributed by atoms with E-state index in [-0.39, 0.29) is 29.8 Å². The number of piperidine rings is 1. The minimum atomic E-state index is -0.380. The number of carbonyl (C=O) groups is 1. The highest BCUT2D eigenvalue weighted by Crippen LogP contribution is 2.42. The van der Waals surface area contributed by atoms with E-state index in [9.17, 15) is 9.90 Å². The van der Waals surface area contributed by atoms with Crippen LogP contribution >= 0.6 is 22.6 Å². The summed E-state index contributed by atoms with van der Waals surface area (Å²) in [5.41, 5.74) is 1.24. The summed E-state index contributed by atoms with van der Waals surface area (Å²) in [5, 5.41) is 13.7. The summed E-state index contributed by atoms with van der Waals surface area (Å²) < 4.78 is 1.21. The van der Waals surface area contributed by atoms with E-state index in [1.807, 2.05) is 6.92 Å². The number of hydrogen-bond acceptors (Lipinski definition) is 3. The van der Waals surface area contributed by atoms with Crippen molar-refractivity contribution in [1.82, 2.24) is 5.32 Å². The number of aliphatic hydroxyl groups is 1. The maximum absolute atomic E-state index is 12.4. The largest absolute Gasteiger partial charge is 0.391 e. The maximum atomic E-state index is 12.4. The van der Waals surface area contributed by atoms with Gasteiger partial charge in [0, 0.05) is 28.0 Å². The zero-order valence-electron chi connectivity index (χ0n) is 11.6. The molecule has 3 nitrogen and oxygen atoms in total. The third kappa shape index (κ3) is 2.53. The first-order valence-electron chi connectivity index (χ1n) is 7.32. The quantitative estimate of drug-likeness (QED) is 0.787. The van der Waals surface area contributed by atoms with Crippen LogP contribution < -0.4 is 5.32 Å². The number of benzene rings is 1. The zero-order chi connectivity index (χ0) is 14.3. The molecule has 0 saturated carbocycles. The lowest BCUT2D eigenvalue weighted by molar-refractivity contribution is -0.125. The fourth-order valence-electron chi connectivity index (χ4n) is 3.81. The average Bonchev–Trinajstić information content (AvgIpc) is 2.74. The van der Waals surface area contributed by atoms with E-state index >= 15 is 0 Å². The topological polar surface area (TPSA) is 49.3 Å². The lowest BCUT2D eigenvalue weighted by atomic mass is 9.74. The molecule has 2 bridgehead atoms. The second kappa shape index (κ2) is 5.73. The molecule has 2 heterocycles. The third-order valence-electron chi connectivity index (χ3n) is 4.75. The van der Waals surface area contributed by atoms with Gasteiger partial charge in [0.1, 0.15) is 5.78 Å². The van der Waals surface area contributed by atoms with Crippen molar-refractivity contribution in [2.24, 2.45) is 5.92 Å². The summed E-state index contributed by atoms with van der Waals surface area (Å²) in [5.74, 6) is 0.423. The molecule has 2 fully saturated rings. The molecule has 0 amide bonds. The molecule has 4 heteroatoms. The standard InChI is InChI=1S/C16H20INO2/c1-2-13(19)15-12(9-3-5-10(17)6-4-9)7-11-8-14(20)16(15)18-11/h3-6,11-12,14-16,18,20H,2,7-8H2,1H3/t11?,12-,14?,15-,16-/m1/s1. The van der Waals surface area contributed by atoms with Gasteiger partial charge >= 0.3 is 0 Å². The van der Waals surface area contributed by atoms with Gasteiger partial charge in [-0.15, -0.1) is 0 Å². The molecular weight excluding hydrogens is 365 g/mol. The van der Waals surface area contributed by atoms with Gasteiger partial charge in [-0.3, -0.25) is 4.79 Å². The van der Waals surface area contributed by atoms with Gasteiger partial charge in [-0.25, -0.2) is 0 Å². The molecule has 2 aliphatic heterocycles.